The Labute approximate surface area is 110 Å². The molecule has 100 valence electrons. The molecule has 0 unspecified atom stereocenters. The minimum Gasteiger partial charge on any atom is -0.496 e. The van der Waals surface area contributed by atoms with Gasteiger partial charge in [-0.15, -0.1) is 0 Å². The lowest BCUT2D eigenvalue weighted by Crippen LogP contribution is -2.21. The van der Waals surface area contributed by atoms with E-state index in [1.54, 1.807) is 14.0 Å². The Morgan fingerprint density at radius 1 is 1.28 bits per heavy atom. The highest BCUT2D eigenvalue weighted by Crippen LogP contribution is 2.23. The van der Waals surface area contributed by atoms with E-state index in [1.165, 1.54) is 11.1 Å². The maximum Gasteiger partial charge on any atom is 0.131 e. The Kier molecular flexibility index (Phi) is 5.35. The zero-order chi connectivity index (χ0) is 13.7. The van der Waals surface area contributed by atoms with Gasteiger partial charge in [0.25, 0.3) is 0 Å². The SMILES string of the molecule is COc1cc(C)c(CN(C)CCC(C)=O)cc1C. The molecular weight excluding hydrogens is 226 g/mol. The third-order valence-corrected chi connectivity index (χ3v) is 3.14. The van der Waals surface area contributed by atoms with E-state index >= 15 is 0 Å². The molecule has 0 bridgehead atoms. The van der Waals surface area contributed by atoms with Crippen LogP contribution in [0.1, 0.15) is 30.0 Å². The van der Waals surface area contributed by atoms with Crippen molar-refractivity contribution in [1.82, 2.24) is 4.90 Å². The van der Waals surface area contributed by atoms with Crippen molar-refractivity contribution >= 4 is 5.78 Å². The number of carbonyl (C=O) groups excluding carboxylic acids is 1. The lowest BCUT2D eigenvalue weighted by atomic mass is 10.0. The fourth-order valence-corrected chi connectivity index (χ4v) is 1.96. The minimum atomic E-state index is 0.240. The van der Waals surface area contributed by atoms with Crippen molar-refractivity contribution in [2.45, 2.75) is 33.7 Å². The maximum absolute atomic E-state index is 11.0. The van der Waals surface area contributed by atoms with Gasteiger partial charge in [0, 0.05) is 19.5 Å². The highest BCUT2D eigenvalue weighted by molar-refractivity contribution is 5.75. The van der Waals surface area contributed by atoms with Gasteiger partial charge in [0.2, 0.25) is 0 Å². The second-order valence-corrected chi connectivity index (χ2v) is 4.94. The third-order valence-electron chi connectivity index (χ3n) is 3.14. The predicted molar refractivity (Wildman–Crippen MR) is 74.1 cm³/mol. The van der Waals surface area contributed by atoms with Crippen LogP contribution in [-0.2, 0) is 11.3 Å². The normalized spacial score (nSPS) is 10.8. The maximum atomic E-state index is 11.0. The standard InChI is InChI=1S/C15H23NO2/c1-11-9-15(18-5)12(2)8-14(11)10-16(4)7-6-13(3)17/h8-9H,6-7,10H2,1-5H3. The van der Waals surface area contributed by atoms with Crippen LogP contribution in [0.25, 0.3) is 0 Å². The van der Waals surface area contributed by atoms with Crippen molar-refractivity contribution in [1.29, 1.82) is 0 Å². The molecule has 0 atom stereocenters. The number of carbonyl (C=O) groups is 1. The summed E-state index contributed by atoms with van der Waals surface area (Å²) in [5, 5.41) is 0. The van der Waals surface area contributed by atoms with Crippen molar-refractivity contribution < 1.29 is 9.53 Å². The molecule has 3 heteroatoms. The van der Waals surface area contributed by atoms with Gasteiger partial charge in [0.15, 0.2) is 0 Å². The molecule has 0 aromatic heterocycles. The van der Waals surface area contributed by atoms with Crippen molar-refractivity contribution in [2.24, 2.45) is 0 Å². The summed E-state index contributed by atoms with van der Waals surface area (Å²) in [7, 11) is 3.74. The number of benzene rings is 1. The first-order valence-corrected chi connectivity index (χ1v) is 6.26. The molecule has 0 N–H and O–H groups in total. The Morgan fingerprint density at radius 3 is 2.50 bits per heavy atom. The molecular formula is C15H23NO2. The van der Waals surface area contributed by atoms with Crippen molar-refractivity contribution in [3.8, 4) is 5.75 Å². The van der Waals surface area contributed by atoms with Crippen LogP contribution in [0, 0.1) is 13.8 Å². The van der Waals surface area contributed by atoms with Gasteiger partial charge in [-0.2, -0.15) is 0 Å². The largest absolute Gasteiger partial charge is 0.496 e. The quantitative estimate of drug-likeness (QED) is 0.776. The van der Waals surface area contributed by atoms with Crippen LogP contribution in [0.4, 0.5) is 0 Å². The molecule has 0 fully saturated rings. The number of nitrogens with zero attached hydrogens (tertiary/aromatic N) is 1. The van der Waals surface area contributed by atoms with E-state index in [4.69, 9.17) is 4.74 Å². The molecule has 1 rings (SSSR count). The smallest absolute Gasteiger partial charge is 0.131 e. The molecule has 0 aliphatic rings. The highest BCUT2D eigenvalue weighted by atomic mass is 16.5. The van der Waals surface area contributed by atoms with Crippen LogP contribution >= 0.6 is 0 Å². The number of methoxy groups -OCH3 is 1. The van der Waals surface area contributed by atoms with Gasteiger partial charge in [-0.3, -0.25) is 4.79 Å². The molecule has 0 aliphatic heterocycles. The zero-order valence-corrected chi connectivity index (χ0v) is 12.0. The summed E-state index contributed by atoms with van der Waals surface area (Å²) in [5.74, 6) is 1.17. The molecule has 0 saturated carbocycles. The van der Waals surface area contributed by atoms with Gasteiger partial charge in [-0.1, -0.05) is 6.07 Å². The first-order valence-electron chi connectivity index (χ1n) is 6.26. The first kappa shape index (κ1) is 14.7. The molecule has 1 aromatic carbocycles. The van der Waals surface area contributed by atoms with Crippen LogP contribution in [0.2, 0.25) is 0 Å². The van der Waals surface area contributed by atoms with E-state index in [9.17, 15) is 4.79 Å². The number of Topliss-reactive ketones (excluding diaryl/α,β-unsaturated/α-hetero) is 1. The molecule has 0 heterocycles. The molecule has 0 amide bonds. The molecule has 3 nitrogen and oxygen atoms in total. The van der Waals surface area contributed by atoms with Gasteiger partial charge in [0.1, 0.15) is 11.5 Å². The lowest BCUT2D eigenvalue weighted by molar-refractivity contribution is -0.117. The Bertz CT molecular complexity index is 427. The average molecular weight is 249 g/mol. The van der Waals surface area contributed by atoms with Gasteiger partial charge in [0.05, 0.1) is 7.11 Å². The van der Waals surface area contributed by atoms with Crippen molar-refractivity contribution in [3.05, 3.63) is 28.8 Å². The summed E-state index contributed by atoms with van der Waals surface area (Å²) in [6.45, 7) is 7.45. The van der Waals surface area contributed by atoms with Gasteiger partial charge in [-0.25, -0.2) is 0 Å². The topological polar surface area (TPSA) is 29.5 Å². The third kappa shape index (κ3) is 4.15. The number of hydrogen-bond donors (Lipinski definition) is 0. The zero-order valence-electron chi connectivity index (χ0n) is 12.0. The van der Waals surface area contributed by atoms with Gasteiger partial charge < -0.3 is 9.64 Å². The van der Waals surface area contributed by atoms with Gasteiger partial charge >= 0.3 is 0 Å². The number of ether oxygens (including phenoxy) is 1. The minimum absolute atomic E-state index is 0.240. The molecule has 18 heavy (non-hydrogen) atoms. The molecule has 0 aliphatic carbocycles. The second kappa shape index (κ2) is 6.55. The van der Waals surface area contributed by atoms with Gasteiger partial charge in [-0.05, 0) is 50.6 Å². The fraction of sp³-hybridized carbons (Fsp3) is 0.533. The van der Waals surface area contributed by atoms with Crippen LogP contribution in [0.3, 0.4) is 0 Å². The van der Waals surface area contributed by atoms with E-state index in [1.807, 2.05) is 7.05 Å². The number of hydrogen-bond acceptors (Lipinski definition) is 3. The lowest BCUT2D eigenvalue weighted by Gasteiger charge is -2.18. The Balaban J connectivity index is 2.72. The molecule has 0 radical (unpaired) electrons. The number of aryl methyl sites for hydroxylation is 2. The van der Waals surface area contributed by atoms with Crippen LogP contribution in [0.15, 0.2) is 12.1 Å². The van der Waals surface area contributed by atoms with Crippen LogP contribution < -0.4 is 4.74 Å². The summed E-state index contributed by atoms with van der Waals surface area (Å²) in [6, 6.07) is 4.24. The van der Waals surface area contributed by atoms with Crippen LogP contribution in [0.5, 0.6) is 5.75 Å². The molecule has 0 spiro atoms. The summed E-state index contributed by atoms with van der Waals surface area (Å²) >= 11 is 0. The summed E-state index contributed by atoms with van der Waals surface area (Å²) in [4.78, 5) is 13.1. The van der Waals surface area contributed by atoms with E-state index in [-0.39, 0.29) is 5.78 Å². The fourth-order valence-electron chi connectivity index (χ4n) is 1.96. The Morgan fingerprint density at radius 2 is 1.94 bits per heavy atom. The van der Waals surface area contributed by atoms with E-state index in [0.29, 0.717) is 6.42 Å². The highest BCUT2D eigenvalue weighted by Gasteiger charge is 2.08. The number of ketones is 1. The summed E-state index contributed by atoms with van der Waals surface area (Å²) in [6.07, 6.45) is 0.616. The number of rotatable bonds is 6. The van der Waals surface area contributed by atoms with Crippen LogP contribution in [-0.4, -0.2) is 31.4 Å². The van der Waals surface area contributed by atoms with Crippen molar-refractivity contribution in [2.75, 3.05) is 20.7 Å². The van der Waals surface area contributed by atoms with E-state index in [0.717, 1.165) is 24.4 Å². The molecule has 0 saturated heterocycles. The van der Waals surface area contributed by atoms with E-state index in [2.05, 4.69) is 30.9 Å². The molecule has 1 aromatic rings. The van der Waals surface area contributed by atoms with E-state index < -0.39 is 0 Å². The Hall–Kier alpha value is -1.35. The second-order valence-electron chi connectivity index (χ2n) is 4.94. The first-order chi connectivity index (χ1) is 8.43. The average Bonchev–Trinajstić information content (AvgIpc) is 2.30. The summed E-state index contributed by atoms with van der Waals surface area (Å²) < 4.78 is 5.31. The predicted octanol–water partition coefficient (Wildman–Crippen LogP) is 2.72. The van der Waals surface area contributed by atoms with Crippen molar-refractivity contribution in [3.63, 3.8) is 0 Å². The monoisotopic (exact) mass is 249 g/mol. The summed E-state index contributed by atoms with van der Waals surface area (Å²) in [5.41, 5.74) is 3.67.